The van der Waals surface area contributed by atoms with Gasteiger partial charge in [0.05, 0.1) is 6.61 Å². The molecular weight excluding hydrogens is 320 g/mol. The molecule has 1 rings (SSSR count). The Morgan fingerprint density at radius 1 is 1.20 bits per heavy atom. The van der Waals surface area contributed by atoms with E-state index in [1.165, 1.54) is 0 Å². The van der Waals surface area contributed by atoms with E-state index in [-0.39, 0.29) is 5.78 Å². The molecule has 0 aliphatic rings. The van der Waals surface area contributed by atoms with E-state index in [1.54, 1.807) is 6.92 Å². The lowest BCUT2D eigenvalue weighted by Crippen LogP contribution is -2.26. The van der Waals surface area contributed by atoms with Gasteiger partial charge in [0, 0.05) is 10.0 Å². The lowest BCUT2D eigenvalue weighted by molar-refractivity contribution is -0.146. The Hall–Kier alpha value is -1.16. The number of esters is 1. The predicted molar refractivity (Wildman–Crippen MR) is 83.0 cm³/mol. The first-order chi connectivity index (χ1) is 9.42. The van der Waals surface area contributed by atoms with Crippen LogP contribution in [-0.2, 0) is 9.53 Å². The number of ether oxygens (including phenoxy) is 1. The van der Waals surface area contributed by atoms with Gasteiger partial charge in [-0.2, -0.15) is 0 Å². The van der Waals surface area contributed by atoms with Crippen molar-refractivity contribution >= 4 is 27.7 Å². The predicted octanol–water partition coefficient (Wildman–Crippen LogP) is 4.23. The number of hydrogen-bond donors (Lipinski definition) is 0. The number of benzene rings is 1. The van der Waals surface area contributed by atoms with Crippen molar-refractivity contribution < 1.29 is 14.3 Å². The lowest BCUT2D eigenvalue weighted by Gasteiger charge is -2.15. The summed E-state index contributed by atoms with van der Waals surface area (Å²) < 4.78 is 6.01. The Bertz CT molecular complexity index is 485. The summed E-state index contributed by atoms with van der Waals surface area (Å²) in [7, 11) is 0. The normalized spacial score (nSPS) is 12.1. The zero-order chi connectivity index (χ0) is 15.3. The van der Waals surface area contributed by atoms with Gasteiger partial charge in [-0.25, -0.2) is 0 Å². The molecule has 20 heavy (non-hydrogen) atoms. The molecule has 1 aromatic rings. The highest BCUT2D eigenvalue weighted by Crippen LogP contribution is 2.25. The van der Waals surface area contributed by atoms with Gasteiger partial charge in [0.1, 0.15) is 5.92 Å². The van der Waals surface area contributed by atoms with Crippen LogP contribution in [-0.4, -0.2) is 18.4 Å². The second-order valence-corrected chi connectivity index (χ2v) is 5.67. The van der Waals surface area contributed by atoms with Gasteiger partial charge in [-0.1, -0.05) is 29.3 Å². The maximum atomic E-state index is 12.6. The standard InChI is InChI=1S/C16H21BrO3/c1-5-7-13(16(19)20-6-2)15(18)12-8-10(3)14(17)11(4)9-12/h8-9,13H,5-7H2,1-4H3. The third kappa shape index (κ3) is 3.92. The Kier molecular flexibility index (Phi) is 6.40. The van der Waals surface area contributed by atoms with E-state index in [0.717, 1.165) is 22.0 Å². The molecule has 1 atom stereocenters. The number of hydrogen-bond acceptors (Lipinski definition) is 3. The zero-order valence-corrected chi connectivity index (χ0v) is 14.0. The molecule has 0 amide bonds. The van der Waals surface area contributed by atoms with Crippen molar-refractivity contribution in [2.45, 2.75) is 40.5 Å². The summed E-state index contributed by atoms with van der Waals surface area (Å²) in [6, 6.07) is 3.64. The molecule has 1 unspecified atom stereocenters. The quantitative estimate of drug-likeness (QED) is 0.442. The molecule has 4 heteroatoms. The zero-order valence-electron chi connectivity index (χ0n) is 12.5. The molecule has 3 nitrogen and oxygen atoms in total. The Labute approximate surface area is 128 Å². The van der Waals surface area contributed by atoms with Crippen LogP contribution < -0.4 is 0 Å². The van der Waals surface area contributed by atoms with Crippen LogP contribution in [0.2, 0.25) is 0 Å². The third-order valence-electron chi connectivity index (χ3n) is 3.19. The second-order valence-electron chi connectivity index (χ2n) is 4.88. The Morgan fingerprint density at radius 3 is 2.20 bits per heavy atom. The fourth-order valence-electron chi connectivity index (χ4n) is 2.18. The van der Waals surface area contributed by atoms with Crippen molar-refractivity contribution in [3.8, 4) is 0 Å². The summed E-state index contributed by atoms with van der Waals surface area (Å²) in [4.78, 5) is 24.5. The van der Waals surface area contributed by atoms with E-state index in [0.29, 0.717) is 18.6 Å². The summed E-state index contributed by atoms with van der Waals surface area (Å²) in [5.74, 6) is -1.26. The van der Waals surface area contributed by atoms with E-state index in [2.05, 4.69) is 15.9 Å². The first-order valence-electron chi connectivity index (χ1n) is 6.89. The molecule has 0 N–H and O–H groups in total. The molecule has 110 valence electrons. The average molecular weight is 341 g/mol. The van der Waals surface area contributed by atoms with Crippen LogP contribution in [0.4, 0.5) is 0 Å². The molecule has 1 aromatic carbocycles. The highest BCUT2D eigenvalue weighted by molar-refractivity contribution is 9.10. The third-order valence-corrected chi connectivity index (χ3v) is 4.44. The van der Waals surface area contributed by atoms with Gasteiger partial charge >= 0.3 is 5.97 Å². The maximum absolute atomic E-state index is 12.6. The molecule has 0 radical (unpaired) electrons. The van der Waals surface area contributed by atoms with Gasteiger partial charge in [0.15, 0.2) is 5.78 Å². The van der Waals surface area contributed by atoms with E-state index in [4.69, 9.17) is 4.74 Å². The first-order valence-corrected chi connectivity index (χ1v) is 7.69. The van der Waals surface area contributed by atoms with Crippen molar-refractivity contribution in [3.05, 3.63) is 33.3 Å². The van der Waals surface area contributed by atoms with Crippen LogP contribution in [0.3, 0.4) is 0 Å². The minimum atomic E-state index is -0.695. The molecule has 0 aliphatic carbocycles. The number of carbonyl (C=O) groups is 2. The average Bonchev–Trinajstić information content (AvgIpc) is 2.41. The van der Waals surface area contributed by atoms with Gasteiger partial charge in [-0.05, 0) is 50.5 Å². The maximum Gasteiger partial charge on any atom is 0.316 e. The smallest absolute Gasteiger partial charge is 0.316 e. The van der Waals surface area contributed by atoms with E-state index in [1.807, 2.05) is 32.9 Å². The number of halogens is 1. The van der Waals surface area contributed by atoms with Crippen molar-refractivity contribution in [2.24, 2.45) is 5.92 Å². The fraction of sp³-hybridized carbons (Fsp3) is 0.500. The number of carbonyl (C=O) groups excluding carboxylic acids is 2. The molecule has 0 heterocycles. The topological polar surface area (TPSA) is 43.4 Å². The molecule has 0 spiro atoms. The van der Waals surface area contributed by atoms with Crippen LogP contribution in [0.5, 0.6) is 0 Å². The second kappa shape index (κ2) is 7.58. The monoisotopic (exact) mass is 340 g/mol. The van der Waals surface area contributed by atoms with Crippen molar-refractivity contribution in [1.29, 1.82) is 0 Å². The molecule has 0 fully saturated rings. The van der Waals surface area contributed by atoms with Gasteiger partial charge in [0.25, 0.3) is 0 Å². The minimum absolute atomic E-state index is 0.149. The highest BCUT2D eigenvalue weighted by atomic mass is 79.9. The van der Waals surface area contributed by atoms with E-state index in [9.17, 15) is 9.59 Å². The van der Waals surface area contributed by atoms with Gasteiger partial charge in [-0.3, -0.25) is 9.59 Å². The van der Waals surface area contributed by atoms with Crippen LogP contribution in [0.15, 0.2) is 16.6 Å². The molecule has 0 aromatic heterocycles. The van der Waals surface area contributed by atoms with Crippen molar-refractivity contribution in [3.63, 3.8) is 0 Å². The number of rotatable bonds is 6. The summed E-state index contributed by atoms with van der Waals surface area (Å²) in [6.07, 6.45) is 1.29. The van der Waals surface area contributed by atoms with Crippen LogP contribution in [0.25, 0.3) is 0 Å². The van der Waals surface area contributed by atoms with Crippen molar-refractivity contribution in [2.75, 3.05) is 6.61 Å². The first kappa shape index (κ1) is 16.9. The summed E-state index contributed by atoms with van der Waals surface area (Å²) in [5.41, 5.74) is 2.56. The van der Waals surface area contributed by atoms with Crippen LogP contribution >= 0.6 is 15.9 Å². The Balaban J connectivity index is 3.09. The highest BCUT2D eigenvalue weighted by Gasteiger charge is 2.28. The van der Waals surface area contributed by atoms with Gasteiger partial charge < -0.3 is 4.74 Å². The van der Waals surface area contributed by atoms with Gasteiger partial charge in [-0.15, -0.1) is 0 Å². The summed E-state index contributed by atoms with van der Waals surface area (Å²) >= 11 is 3.48. The van der Waals surface area contributed by atoms with Gasteiger partial charge in [0.2, 0.25) is 0 Å². The number of Topliss-reactive ketones (excluding diaryl/α,β-unsaturated/α-hetero) is 1. The SMILES string of the molecule is CCCC(C(=O)OCC)C(=O)c1cc(C)c(Br)c(C)c1. The molecule has 0 bridgehead atoms. The molecular formula is C16H21BrO3. The number of ketones is 1. The van der Waals surface area contributed by atoms with Crippen molar-refractivity contribution in [1.82, 2.24) is 0 Å². The summed E-state index contributed by atoms with van der Waals surface area (Å²) in [6.45, 7) is 7.88. The largest absolute Gasteiger partial charge is 0.465 e. The molecule has 0 aliphatic heterocycles. The van der Waals surface area contributed by atoms with Crippen LogP contribution in [0.1, 0.15) is 48.2 Å². The molecule has 0 saturated carbocycles. The Morgan fingerprint density at radius 2 is 1.75 bits per heavy atom. The molecule has 0 saturated heterocycles. The van der Waals surface area contributed by atoms with E-state index < -0.39 is 11.9 Å². The lowest BCUT2D eigenvalue weighted by atomic mass is 9.92. The van der Waals surface area contributed by atoms with E-state index >= 15 is 0 Å². The number of aryl methyl sites for hydroxylation is 2. The minimum Gasteiger partial charge on any atom is -0.465 e. The fourth-order valence-corrected chi connectivity index (χ4v) is 2.41. The summed E-state index contributed by atoms with van der Waals surface area (Å²) in [5, 5.41) is 0. The van der Waals surface area contributed by atoms with Crippen LogP contribution in [0, 0.1) is 19.8 Å².